The Hall–Kier alpha value is -2.20. The van der Waals surface area contributed by atoms with Crippen molar-refractivity contribution in [1.82, 2.24) is 0 Å². The molecule has 4 nitrogen and oxygen atoms in total. The van der Waals surface area contributed by atoms with Crippen molar-refractivity contribution in [2.24, 2.45) is 5.92 Å². The van der Waals surface area contributed by atoms with E-state index in [4.69, 9.17) is 16.3 Å². The topological polar surface area (TPSA) is 49.8 Å². The molecule has 1 aliphatic heterocycles. The predicted octanol–water partition coefficient (Wildman–Crippen LogP) is 4.39. The highest BCUT2D eigenvalue weighted by Gasteiger charge is 2.26. The summed E-state index contributed by atoms with van der Waals surface area (Å²) < 4.78 is 6.00. The predicted molar refractivity (Wildman–Crippen MR) is 97.8 cm³/mol. The molecule has 4 rings (SSSR count). The molecule has 0 unspecified atom stereocenters. The monoisotopic (exact) mass is 357 g/mol. The quantitative estimate of drug-likeness (QED) is 0.833. The van der Waals surface area contributed by atoms with E-state index in [-0.39, 0.29) is 0 Å². The lowest BCUT2D eigenvalue weighted by Crippen LogP contribution is -2.20. The summed E-state index contributed by atoms with van der Waals surface area (Å²) in [6.45, 7) is 2.22. The second-order valence-corrected chi connectivity index (χ2v) is 7.22. The van der Waals surface area contributed by atoms with Crippen LogP contribution in [0.5, 0.6) is 5.75 Å². The van der Waals surface area contributed by atoms with Crippen molar-refractivity contribution in [3.63, 3.8) is 0 Å². The first-order valence-corrected chi connectivity index (χ1v) is 9.01. The van der Waals surface area contributed by atoms with Crippen molar-refractivity contribution in [3.05, 3.63) is 58.1 Å². The Labute approximate surface area is 152 Å². The second-order valence-electron chi connectivity index (χ2n) is 6.79. The molecular weight excluding hydrogens is 338 g/mol. The number of nitrogens with zero attached hydrogens (tertiary/aromatic N) is 1. The van der Waals surface area contributed by atoms with Crippen molar-refractivity contribution in [2.75, 3.05) is 18.1 Å². The first kappa shape index (κ1) is 16.3. The number of rotatable bonds is 6. The Kier molecular flexibility index (Phi) is 4.30. The number of carbonyl (C=O) groups is 1. The van der Waals surface area contributed by atoms with Crippen LogP contribution in [0.25, 0.3) is 0 Å². The van der Waals surface area contributed by atoms with Gasteiger partial charge in [0.15, 0.2) is 0 Å². The van der Waals surface area contributed by atoms with Crippen LogP contribution < -0.4 is 9.64 Å². The summed E-state index contributed by atoms with van der Waals surface area (Å²) in [4.78, 5) is 13.6. The number of benzene rings is 2. The lowest BCUT2D eigenvalue weighted by molar-refractivity contribution is 0.0696. The first-order chi connectivity index (χ1) is 12.1. The zero-order valence-corrected chi connectivity index (χ0v) is 14.6. The van der Waals surface area contributed by atoms with Crippen molar-refractivity contribution in [1.29, 1.82) is 0 Å². The number of fused-ring (bicyclic) bond motifs is 1. The van der Waals surface area contributed by atoms with Crippen LogP contribution in [0.2, 0.25) is 5.02 Å². The van der Waals surface area contributed by atoms with Crippen LogP contribution in [0, 0.1) is 5.92 Å². The number of hydrogen-bond acceptors (Lipinski definition) is 3. The molecule has 2 aromatic rings. The van der Waals surface area contributed by atoms with E-state index in [2.05, 4.69) is 4.90 Å². The van der Waals surface area contributed by atoms with Gasteiger partial charge in [0.05, 0.1) is 12.2 Å². The van der Waals surface area contributed by atoms with Gasteiger partial charge in [-0.05, 0) is 61.1 Å². The van der Waals surface area contributed by atoms with Gasteiger partial charge in [-0.25, -0.2) is 4.79 Å². The Balaban J connectivity index is 1.58. The third-order valence-electron chi connectivity index (χ3n) is 4.91. The van der Waals surface area contributed by atoms with Gasteiger partial charge in [-0.1, -0.05) is 17.7 Å². The fourth-order valence-corrected chi connectivity index (χ4v) is 3.57. The fourth-order valence-electron chi connectivity index (χ4n) is 3.38. The summed E-state index contributed by atoms with van der Waals surface area (Å²) in [7, 11) is 0. The minimum atomic E-state index is -0.866. The zero-order chi connectivity index (χ0) is 17.4. The highest BCUT2D eigenvalue weighted by Crippen LogP contribution is 2.35. The maximum atomic E-state index is 11.4. The van der Waals surface area contributed by atoms with Crippen LogP contribution >= 0.6 is 11.6 Å². The van der Waals surface area contributed by atoms with Crippen molar-refractivity contribution < 1.29 is 14.6 Å². The van der Waals surface area contributed by atoms with Crippen molar-refractivity contribution in [2.45, 2.75) is 25.8 Å². The SMILES string of the molecule is O=C(O)c1cccc2c1CCN2Cc1cc(Cl)ccc1OCC1CC1. The number of carboxylic acid groups (broad SMARTS) is 1. The molecular formula is C20H20ClNO3. The second kappa shape index (κ2) is 6.60. The van der Waals surface area contributed by atoms with Gasteiger partial charge in [0.1, 0.15) is 5.75 Å². The summed E-state index contributed by atoms with van der Waals surface area (Å²) >= 11 is 6.19. The van der Waals surface area contributed by atoms with Gasteiger partial charge < -0.3 is 14.7 Å². The molecule has 1 N–H and O–H groups in total. The summed E-state index contributed by atoms with van der Waals surface area (Å²) in [5.74, 6) is 0.697. The van der Waals surface area contributed by atoms with E-state index in [1.54, 1.807) is 6.07 Å². The molecule has 2 aliphatic rings. The van der Waals surface area contributed by atoms with E-state index >= 15 is 0 Å². The molecule has 25 heavy (non-hydrogen) atoms. The maximum absolute atomic E-state index is 11.4. The van der Waals surface area contributed by atoms with E-state index < -0.39 is 5.97 Å². The normalized spacial score (nSPS) is 16.0. The number of anilines is 1. The number of aromatic carboxylic acids is 1. The number of hydrogen-bond donors (Lipinski definition) is 1. The molecule has 0 spiro atoms. The molecule has 1 aliphatic carbocycles. The fraction of sp³-hybridized carbons (Fsp3) is 0.350. The Bertz CT molecular complexity index is 817. The van der Waals surface area contributed by atoms with Gasteiger partial charge in [0.25, 0.3) is 0 Å². The van der Waals surface area contributed by atoms with Crippen LogP contribution in [0.1, 0.15) is 34.3 Å². The molecule has 0 radical (unpaired) electrons. The molecule has 1 saturated carbocycles. The standard InChI is InChI=1S/C20H20ClNO3/c21-15-6-7-19(25-12-13-4-5-13)14(10-15)11-22-9-8-16-17(20(23)24)2-1-3-18(16)22/h1-3,6-7,10,13H,4-5,8-9,11-12H2,(H,23,24). The van der Waals surface area contributed by atoms with E-state index in [9.17, 15) is 9.90 Å². The number of ether oxygens (including phenoxy) is 1. The molecule has 0 aromatic heterocycles. The highest BCUT2D eigenvalue weighted by molar-refractivity contribution is 6.30. The van der Waals surface area contributed by atoms with Gasteiger partial charge in [-0.3, -0.25) is 0 Å². The number of carboxylic acids is 1. The molecule has 5 heteroatoms. The third-order valence-corrected chi connectivity index (χ3v) is 5.14. The summed E-state index contributed by atoms with van der Waals surface area (Å²) in [5.41, 5.74) is 3.35. The zero-order valence-electron chi connectivity index (χ0n) is 13.9. The smallest absolute Gasteiger partial charge is 0.336 e. The maximum Gasteiger partial charge on any atom is 0.336 e. The Morgan fingerprint density at radius 2 is 2.12 bits per heavy atom. The molecule has 1 fully saturated rings. The summed E-state index contributed by atoms with van der Waals surface area (Å²) in [6, 6.07) is 11.2. The molecule has 0 bridgehead atoms. The Morgan fingerprint density at radius 1 is 1.28 bits per heavy atom. The summed E-state index contributed by atoms with van der Waals surface area (Å²) in [6.07, 6.45) is 3.25. The van der Waals surface area contributed by atoms with Gasteiger partial charge >= 0.3 is 5.97 Å². The van der Waals surface area contributed by atoms with Crippen LogP contribution in [0.15, 0.2) is 36.4 Å². The van der Waals surface area contributed by atoms with E-state index in [0.717, 1.165) is 42.1 Å². The van der Waals surface area contributed by atoms with E-state index in [1.165, 1.54) is 12.8 Å². The largest absolute Gasteiger partial charge is 0.493 e. The van der Waals surface area contributed by atoms with Gasteiger partial charge in [-0.2, -0.15) is 0 Å². The molecule has 0 saturated heterocycles. The minimum absolute atomic E-state index is 0.399. The van der Waals surface area contributed by atoms with Crippen LogP contribution in [0.4, 0.5) is 5.69 Å². The first-order valence-electron chi connectivity index (χ1n) is 8.63. The molecule has 2 aromatic carbocycles. The number of halogens is 1. The van der Waals surface area contributed by atoms with Crippen LogP contribution in [-0.4, -0.2) is 24.2 Å². The van der Waals surface area contributed by atoms with Crippen molar-refractivity contribution in [3.8, 4) is 5.75 Å². The van der Waals surface area contributed by atoms with Crippen LogP contribution in [-0.2, 0) is 13.0 Å². The van der Waals surface area contributed by atoms with E-state index in [1.807, 2.05) is 30.3 Å². The highest BCUT2D eigenvalue weighted by atomic mass is 35.5. The third kappa shape index (κ3) is 3.45. The lowest BCUT2D eigenvalue weighted by atomic mass is 10.1. The molecule has 130 valence electrons. The van der Waals surface area contributed by atoms with E-state index in [0.29, 0.717) is 23.0 Å². The molecule has 0 amide bonds. The van der Waals surface area contributed by atoms with Gasteiger partial charge in [0, 0.05) is 29.4 Å². The molecule has 0 atom stereocenters. The summed E-state index contributed by atoms with van der Waals surface area (Å²) in [5, 5.41) is 10.1. The lowest BCUT2D eigenvalue weighted by Gasteiger charge is -2.22. The average Bonchev–Trinajstić information content (AvgIpc) is 3.34. The molecule has 1 heterocycles. The van der Waals surface area contributed by atoms with Gasteiger partial charge in [0.2, 0.25) is 0 Å². The minimum Gasteiger partial charge on any atom is -0.493 e. The van der Waals surface area contributed by atoms with Gasteiger partial charge in [-0.15, -0.1) is 0 Å². The average molecular weight is 358 g/mol. The van der Waals surface area contributed by atoms with Crippen molar-refractivity contribution >= 4 is 23.3 Å². The van der Waals surface area contributed by atoms with Crippen LogP contribution in [0.3, 0.4) is 0 Å². The Morgan fingerprint density at radius 3 is 2.88 bits per heavy atom.